The van der Waals surface area contributed by atoms with E-state index in [1.807, 2.05) is 7.05 Å². The second-order valence-electron chi connectivity index (χ2n) is 10.8. The van der Waals surface area contributed by atoms with Crippen LogP contribution in [-0.4, -0.2) is 38.9 Å². The Labute approximate surface area is 211 Å². The predicted octanol–water partition coefficient (Wildman–Crippen LogP) is 4.76. The maximum absolute atomic E-state index is 13.4. The van der Waals surface area contributed by atoms with Gasteiger partial charge in [-0.05, 0) is 73.8 Å². The number of aromatic nitrogens is 2. The molecule has 2 amide bonds. The normalized spacial score (nSPS) is 23.4. The molecule has 3 aliphatic rings. The van der Waals surface area contributed by atoms with Crippen molar-refractivity contribution in [3.8, 4) is 6.07 Å². The number of nitriles is 1. The molecule has 1 N–H and O–H groups in total. The number of piperidine rings is 1. The molecule has 184 valence electrons. The van der Waals surface area contributed by atoms with Crippen LogP contribution >= 0.6 is 0 Å². The lowest BCUT2D eigenvalue weighted by atomic mass is 9.70. The Morgan fingerprint density at radius 2 is 2.03 bits per heavy atom. The van der Waals surface area contributed by atoms with Gasteiger partial charge < -0.3 is 14.8 Å². The first kappa shape index (κ1) is 22.8. The Hall–Kier alpha value is -3.66. The number of hydrogen-bond donors (Lipinski definition) is 1. The molecule has 0 radical (unpaired) electrons. The summed E-state index contributed by atoms with van der Waals surface area (Å²) < 4.78 is 2.08. The molecule has 3 atom stereocenters. The van der Waals surface area contributed by atoms with Crippen LogP contribution in [0, 0.1) is 23.2 Å². The van der Waals surface area contributed by atoms with Crippen LogP contribution in [0.25, 0.3) is 11.0 Å². The number of pyridine rings is 1. The summed E-state index contributed by atoms with van der Waals surface area (Å²) in [6.07, 6.45) is 10.1. The first-order chi connectivity index (χ1) is 17.4. The Balaban J connectivity index is 1.34. The van der Waals surface area contributed by atoms with E-state index < -0.39 is 0 Å². The number of likely N-dealkylation sites (tertiary alicyclic amines) is 1. The molecule has 3 aromatic rings. The molecule has 3 heterocycles. The number of fused-ring (bicyclic) bond motifs is 2. The van der Waals surface area contributed by atoms with Crippen LogP contribution in [0.5, 0.6) is 0 Å². The molecule has 2 unspecified atom stereocenters. The average Bonchev–Trinajstić information content (AvgIpc) is 3.54. The van der Waals surface area contributed by atoms with Crippen molar-refractivity contribution in [2.24, 2.45) is 18.9 Å². The zero-order valence-electron chi connectivity index (χ0n) is 20.8. The summed E-state index contributed by atoms with van der Waals surface area (Å²) in [4.78, 5) is 33.3. The minimum Gasteiger partial charge on any atom is -0.339 e. The van der Waals surface area contributed by atoms with Crippen LogP contribution in [0.1, 0.15) is 72.0 Å². The minimum atomic E-state index is -0.251. The Bertz CT molecular complexity index is 1410. The average molecular weight is 482 g/mol. The molecule has 2 aromatic heterocycles. The zero-order valence-corrected chi connectivity index (χ0v) is 20.8. The number of aryl methyl sites for hydroxylation is 1. The third-order valence-corrected chi connectivity index (χ3v) is 8.60. The topological polar surface area (TPSA) is 91.0 Å². The van der Waals surface area contributed by atoms with Crippen LogP contribution in [0.2, 0.25) is 0 Å². The lowest BCUT2D eigenvalue weighted by Gasteiger charge is -2.45. The monoisotopic (exact) mass is 481 g/mol. The summed E-state index contributed by atoms with van der Waals surface area (Å²) in [5, 5.41) is 13.4. The number of amides is 2. The fraction of sp³-hybridized carbons (Fsp3) is 0.448. The number of carbonyl (C=O) groups is 2. The van der Waals surface area contributed by atoms with Gasteiger partial charge in [-0.1, -0.05) is 18.9 Å². The van der Waals surface area contributed by atoms with E-state index in [0.717, 1.165) is 61.7 Å². The summed E-state index contributed by atoms with van der Waals surface area (Å²) in [5.41, 5.74) is 4.93. The van der Waals surface area contributed by atoms with E-state index in [1.54, 1.807) is 30.5 Å². The number of rotatable bonds is 3. The molecule has 1 aromatic carbocycles. The maximum Gasteiger partial charge on any atom is 0.255 e. The van der Waals surface area contributed by atoms with E-state index in [2.05, 4.69) is 34.0 Å². The molecular formula is C29H31N5O2. The van der Waals surface area contributed by atoms with Gasteiger partial charge in [-0.3, -0.25) is 9.59 Å². The molecule has 2 fully saturated rings. The molecule has 1 saturated heterocycles. The third-order valence-electron chi connectivity index (χ3n) is 8.60. The molecule has 1 saturated carbocycles. The van der Waals surface area contributed by atoms with Crippen molar-refractivity contribution in [2.75, 3.05) is 11.9 Å². The fourth-order valence-electron chi connectivity index (χ4n) is 6.78. The second-order valence-corrected chi connectivity index (χ2v) is 10.8. The van der Waals surface area contributed by atoms with E-state index in [4.69, 9.17) is 4.98 Å². The van der Waals surface area contributed by atoms with Gasteiger partial charge in [0.2, 0.25) is 5.91 Å². The molecular weight excluding hydrogens is 450 g/mol. The number of nitrogens with one attached hydrogen (secondary N) is 1. The summed E-state index contributed by atoms with van der Waals surface area (Å²) in [5.74, 6) is 0.961. The molecule has 0 bridgehead atoms. The lowest BCUT2D eigenvalue weighted by Crippen LogP contribution is -2.51. The van der Waals surface area contributed by atoms with Gasteiger partial charge in [0.05, 0.1) is 23.5 Å². The van der Waals surface area contributed by atoms with Crippen molar-refractivity contribution in [3.63, 3.8) is 0 Å². The zero-order chi connectivity index (χ0) is 25.0. The van der Waals surface area contributed by atoms with Crippen molar-refractivity contribution in [3.05, 3.63) is 58.9 Å². The number of benzene rings is 1. The van der Waals surface area contributed by atoms with Crippen LogP contribution in [0.15, 0.2) is 36.7 Å². The fourth-order valence-corrected chi connectivity index (χ4v) is 6.78. The van der Waals surface area contributed by atoms with Gasteiger partial charge in [0.1, 0.15) is 5.65 Å². The molecule has 0 spiro atoms. The Morgan fingerprint density at radius 3 is 2.81 bits per heavy atom. The van der Waals surface area contributed by atoms with Gasteiger partial charge in [-0.15, -0.1) is 0 Å². The number of anilines is 1. The van der Waals surface area contributed by atoms with Crippen molar-refractivity contribution >= 4 is 28.5 Å². The SMILES string of the molecule is CC1C[C@@H]2c3cn(C)c4ncc(NC(=O)c5cccc(C#N)c5)c(c34)CC2CN1C(=O)C1CCCC1. The highest BCUT2D eigenvalue weighted by molar-refractivity contribution is 6.06. The lowest BCUT2D eigenvalue weighted by molar-refractivity contribution is -0.140. The highest BCUT2D eigenvalue weighted by atomic mass is 16.2. The van der Waals surface area contributed by atoms with Gasteiger partial charge in [-0.25, -0.2) is 4.98 Å². The molecule has 36 heavy (non-hydrogen) atoms. The highest BCUT2D eigenvalue weighted by Gasteiger charge is 2.43. The Morgan fingerprint density at radius 1 is 1.22 bits per heavy atom. The van der Waals surface area contributed by atoms with Gasteiger partial charge in [0.15, 0.2) is 0 Å². The van der Waals surface area contributed by atoms with E-state index in [1.165, 1.54) is 5.56 Å². The summed E-state index contributed by atoms with van der Waals surface area (Å²) in [6.45, 7) is 2.96. The van der Waals surface area contributed by atoms with Gasteiger partial charge in [0, 0.05) is 42.7 Å². The number of nitrogens with zero attached hydrogens (tertiary/aromatic N) is 4. The first-order valence-corrected chi connectivity index (χ1v) is 13.0. The van der Waals surface area contributed by atoms with Crippen LogP contribution in [0.3, 0.4) is 0 Å². The predicted molar refractivity (Wildman–Crippen MR) is 138 cm³/mol. The van der Waals surface area contributed by atoms with Gasteiger partial charge in [0.25, 0.3) is 5.91 Å². The van der Waals surface area contributed by atoms with Crippen LogP contribution in [-0.2, 0) is 18.3 Å². The molecule has 7 nitrogen and oxygen atoms in total. The standard InChI is InChI=1S/C29H31N5O2/c1-17-10-22-21(15-34(17)29(36)19-7-3-4-8-19)12-23-25(14-31-27-26(23)24(22)16-33(27)2)32-28(35)20-9-5-6-18(11-20)13-30/h5-6,9,11,14,16-17,19,21-22H,3-4,7-8,10,12,15H2,1-2H3,(H,32,35)/t17?,21?,22-/m0/s1. The van der Waals surface area contributed by atoms with Crippen molar-refractivity contribution in [2.45, 2.75) is 57.4 Å². The quantitative estimate of drug-likeness (QED) is 0.584. The van der Waals surface area contributed by atoms with Crippen molar-refractivity contribution in [1.29, 1.82) is 5.26 Å². The molecule has 2 aliphatic carbocycles. The van der Waals surface area contributed by atoms with Crippen molar-refractivity contribution in [1.82, 2.24) is 14.5 Å². The maximum atomic E-state index is 13.4. The van der Waals surface area contributed by atoms with Crippen molar-refractivity contribution < 1.29 is 9.59 Å². The summed E-state index contributed by atoms with van der Waals surface area (Å²) in [6, 6.07) is 9.04. The van der Waals surface area contributed by atoms with Crippen LogP contribution in [0.4, 0.5) is 5.69 Å². The number of carbonyl (C=O) groups excluding carboxylic acids is 2. The smallest absolute Gasteiger partial charge is 0.255 e. The summed E-state index contributed by atoms with van der Waals surface area (Å²) >= 11 is 0. The highest BCUT2D eigenvalue weighted by Crippen LogP contribution is 2.48. The second kappa shape index (κ2) is 8.77. The minimum absolute atomic E-state index is 0.187. The van der Waals surface area contributed by atoms with E-state index >= 15 is 0 Å². The van der Waals surface area contributed by atoms with Gasteiger partial charge >= 0.3 is 0 Å². The third kappa shape index (κ3) is 3.67. The summed E-state index contributed by atoms with van der Waals surface area (Å²) in [7, 11) is 2.02. The van der Waals surface area contributed by atoms with Crippen LogP contribution < -0.4 is 5.32 Å². The molecule has 7 heteroatoms. The molecule has 1 aliphatic heterocycles. The number of hydrogen-bond acceptors (Lipinski definition) is 4. The Kier molecular flexibility index (Phi) is 5.55. The van der Waals surface area contributed by atoms with Gasteiger partial charge in [-0.2, -0.15) is 5.26 Å². The largest absolute Gasteiger partial charge is 0.339 e. The van der Waals surface area contributed by atoms with E-state index in [9.17, 15) is 14.9 Å². The first-order valence-electron chi connectivity index (χ1n) is 13.0. The van der Waals surface area contributed by atoms with E-state index in [-0.39, 0.29) is 17.9 Å². The molecule has 6 rings (SSSR count). The van der Waals surface area contributed by atoms with E-state index in [0.29, 0.717) is 34.6 Å².